The first kappa shape index (κ1) is 17.4. The molecule has 2 aromatic heterocycles. The van der Waals surface area contributed by atoms with Gasteiger partial charge >= 0.3 is 0 Å². The normalized spacial score (nSPS) is 16.3. The van der Waals surface area contributed by atoms with Crippen molar-refractivity contribution in [1.29, 1.82) is 0 Å². The van der Waals surface area contributed by atoms with Gasteiger partial charge in [-0.05, 0) is 30.4 Å². The number of rotatable bonds is 4. The van der Waals surface area contributed by atoms with Crippen LogP contribution in [-0.4, -0.2) is 21.1 Å². The number of aromatic amines is 1. The standard InChI is InChI=1S/C21H21FN4O/c1-12(2)8-17-18-19(25-24-17)21(27)26(15-9-14(22)10-23-11-15)20(18)16-7-5-4-6-13(16)3/h4-7,9-12,20H,8H2,1-3H3,(H,24,25). The molecule has 1 amide bonds. The van der Waals surface area contributed by atoms with E-state index in [1.54, 1.807) is 4.90 Å². The fourth-order valence-corrected chi connectivity index (χ4v) is 3.76. The van der Waals surface area contributed by atoms with E-state index in [9.17, 15) is 9.18 Å². The van der Waals surface area contributed by atoms with Gasteiger partial charge in [0.1, 0.15) is 5.82 Å². The smallest absolute Gasteiger partial charge is 0.280 e. The number of pyridine rings is 1. The number of nitrogens with one attached hydrogen (secondary N) is 1. The van der Waals surface area contributed by atoms with Crippen molar-refractivity contribution in [3.63, 3.8) is 0 Å². The van der Waals surface area contributed by atoms with Crippen LogP contribution < -0.4 is 4.90 Å². The number of anilines is 1. The second-order valence-electron chi connectivity index (χ2n) is 7.36. The first-order chi connectivity index (χ1) is 13.0. The van der Waals surface area contributed by atoms with E-state index in [2.05, 4.69) is 29.0 Å². The highest BCUT2D eigenvalue weighted by Gasteiger charge is 2.43. The monoisotopic (exact) mass is 364 g/mol. The summed E-state index contributed by atoms with van der Waals surface area (Å²) in [6.45, 7) is 6.27. The van der Waals surface area contributed by atoms with E-state index in [0.717, 1.165) is 35.0 Å². The third kappa shape index (κ3) is 2.91. The first-order valence-corrected chi connectivity index (χ1v) is 9.04. The minimum atomic E-state index is -0.475. The Kier molecular flexibility index (Phi) is 4.26. The molecule has 138 valence electrons. The third-order valence-corrected chi connectivity index (χ3v) is 4.90. The van der Waals surface area contributed by atoms with Gasteiger partial charge in [0.25, 0.3) is 5.91 Å². The molecule has 0 fully saturated rings. The molecule has 5 nitrogen and oxygen atoms in total. The van der Waals surface area contributed by atoms with E-state index >= 15 is 0 Å². The lowest BCUT2D eigenvalue weighted by atomic mass is 9.93. The van der Waals surface area contributed by atoms with Gasteiger partial charge in [-0.3, -0.25) is 19.8 Å². The molecule has 0 bridgehead atoms. The zero-order valence-corrected chi connectivity index (χ0v) is 15.5. The van der Waals surface area contributed by atoms with Crippen LogP contribution in [0.25, 0.3) is 0 Å². The molecule has 1 atom stereocenters. The number of fused-ring (bicyclic) bond motifs is 1. The van der Waals surface area contributed by atoms with Crippen LogP contribution in [0.2, 0.25) is 0 Å². The number of benzene rings is 1. The minimum absolute atomic E-state index is 0.239. The number of halogens is 1. The molecule has 1 N–H and O–H groups in total. The molecular formula is C21H21FN4O. The van der Waals surface area contributed by atoms with Gasteiger partial charge in [0.2, 0.25) is 0 Å². The van der Waals surface area contributed by atoms with Gasteiger partial charge in [-0.2, -0.15) is 5.10 Å². The fraction of sp³-hybridized carbons (Fsp3) is 0.286. The Balaban J connectivity index is 1.93. The molecule has 0 saturated carbocycles. The molecule has 27 heavy (non-hydrogen) atoms. The summed E-state index contributed by atoms with van der Waals surface area (Å²) in [7, 11) is 0. The Labute approximate surface area is 157 Å². The Bertz CT molecular complexity index is 1010. The number of nitrogens with zero attached hydrogens (tertiary/aromatic N) is 3. The predicted octanol–water partition coefficient (Wildman–Crippen LogP) is 4.20. The summed E-state index contributed by atoms with van der Waals surface area (Å²) >= 11 is 0. The summed E-state index contributed by atoms with van der Waals surface area (Å²) in [5.41, 5.74) is 4.74. The topological polar surface area (TPSA) is 61.9 Å². The maximum Gasteiger partial charge on any atom is 0.280 e. The van der Waals surface area contributed by atoms with Crippen LogP contribution in [0.5, 0.6) is 0 Å². The van der Waals surface area contributed by atoms with Gasteiger partial charge in [0.05, 0.1) is 24.1 Å². The van der Waals surface area contributed by atoms with Crippen molar-refractivity contribution in [2.24, 2.45) is 5.92 Å². The first-order valence-electron chi connectivity index (χ1n) is 9.04. The van der Waals surface area contributed by atoms with Crippen molar-refractivity contribution in [1.82, 2.24) is 15.2 Å². The molecule has 0 radical (unpaired) electrons. The Morgan fingerprint density at radius 1 is 1.26 bits per heavy atom. The van der Waals surface area contributed by atoms with E-state index in [-0.39, 0.29) is 11.9 Å². The SMILES string of the molecule is Cc1ccccc1C1c2c(n[nH]c2CC(C)C)C(=O)N1c1cncc(F)c1. The Morgan fingerprint density at radius 2 is 2.04 bits per heavy atom. The van der Waals surface area contributed by atoms with Gasteiger partial charge in [0.15, 0.2) is 5.69 Å². The van der Waals surface area contributed by atoms with Gasteiger partial charge in [0, 0.05) is 17.3 Å². The fourth-order valence-electron chi connectivity index (χ4n) is 3.76. The number of carbonyl (C=O) groups excluding carboxylic acids is 1. The largest absolute Gasteiger partial charge is 0.293 e. The highest BCUT2D eigenvalue weighted by atomic mass is 19.1. The maximum atomic E-state index is 13.8. The summed E-state index contributed by atoms with van der Waals surface area (Å²) in [5, 5.41) is 7.36. The molecule has 1 aliphatic heterocycles. The second-order valence-corrected chi connectivity index (χ2v) is 7.36. The van der Waals surface area contributed by atoms with E-state index in [4.69, 9.17) is 0 Å². The molecule has 0 spiro atoms. The van der Waals surface area contributed by atoms with Crippen LogP contribution in [-0.2, 0) is 6.42 Å². The highest BCUT2D eigenvalue weighted by molar-refractivity contribution is 6.10. The van der Waals surface area contributed by atoms with Crippen molar-refractivity contribution < 1.29 is 9.18 Å². The third-order valence-electron chi connectivity index (χ3n) is 4.90. The molecule has 6 heteroatoms. The molecule has 0 saturated heterocycles. The average molecular weight is 364 g/mol. The molecule has 3 aromatic rings. The van der Waals surface area contributed by atoms with Gasteiger partial charge < -0.3 is 0 Å². The number of H-pyrrole nitrogens is 1. The van der Waals surface area contributed by atoms with Crippen molar-refractivity contribution >= 4 is 11.6 Å². The lowest BCUT2D eigenvalue weighted by Crippen LogP contribution is -2.30. The zero-order valence-electron chi connectivity index (χ0n) is 15.5. The van der Waals surface area contributed by atoms with E-state index in [0.29, 0.717) is 17.3 Å². The van der Waals surface area contributed by atoms with E-state index < -0.39 is 5.82 Å². The van der Waals surface area contributed by atoms with Crippen LogP contribution in [0.3, 0.4) is 0 Å². The van der Waals surface area contributed by atoms with Gasteiger partial charge in [-0.15, -0.1) is 0 Å². The van der Waals surface area contributed by atoms with Crippen LogP contribution in [0.1, 0.15) is 52.8 Å². The molecule has 1 unspecified atom stereocenters. The lowest BCUT2D eigenvalue weighted by Gasteiger charge is -2.27. The van der Waals surface area contributed by atoms with Crippen molar-refractivity contribution in [3.8, 4) is 0 Å². The highest BCUT2D eigenvalue weighted by Crippen LogP contribution is 2.43. The second kappa shape index (κ2) is 6.61. The molecule has 0 aliphatic carbocycles. The summed E-state index contributed by atoms with van der Waals surface area (Å²) < 4.78 is 13.8. The van der Waals surface area contributed by atoms with Crippen LogP contribution in [0.4, 0.5) is 10.1 Å². The Hall–Kier alpha value is -3.02. The predicted molar refractivity (Wildman–Crippen MR) is 101 cm³/mol. The molecule has 3 heterocycles. The van der Waals surface area contributed by atoms with E-state index in [1.807, 2.05) is 31.2 Å². The van der Waals surface area contributed by atoms with Crippen LogP contribution in [0.15, 0.2) is 42.7 Å². The van der Waals surface area contributed by atoms with Crippen molar-refractivity contribution in [2.45, 2.75) is 33.2 Å². The zero-order chi connectivity index (χ0) is 19.1. The molecule has 1 aromatic carbocycles. The van der Waals surface area contributed by atoms with Crippen molar-refractivity contribution in [2.75, 3.05) is 4.90 Å². The summed E-state index contributed by atoms with van der Waals surface area (Å²) in [6.07, 6.45) is 3.44. The van der Waals surface area contributed by atoms with Gasteiger partial charge in [-0.1, -0.05) is 38.1 Å². The summed E-state index contributed by atoms with van der Waals surface area (Å²) in [4.78, 5) is 18.7. The number of carbonyl (C=O) groups is 1. The number of aryl methyl sites for hydroxylation is 1. The van der Waals surface area contributed by atoms with Crippen molar-refractivity contribution in [3.05, 3.63) is 76.6 Å². The quantitative estimate of drug-likeness (QED) is 0.755. The number of aromatic nitrogens is 3. The average Bonchev–Trinajstić information content (AvgIpc) is 3.14. The van der Waals surface area contributed by atoms with Gasteiger partial charge in [-0.25, -0.2) is 4.39 Å². The number of hydrogen-bond acceptors (Lipinski definition) is 3. The Morgan fingerprint density at radius 3 is 2.74 bits per heavy atom. The minimum Gasteiger partial charge on any atom is -0.293 e. The molecule has 4 rings (SSSR count). The van der Waals surface area contributed by atoms with Crippen LogP contribution >= 0.6 is 0 Å². The summed E-state index contributed by atoms with van der Waals surface area (Å²) in [6, 6.07) is 8.93. The summed E-state index contributed by atoms with van der Waals surface area (Å²) in [5.74, 6) is -0.304. The van der Waals surface area contributed by atoms with Crippen LogP contribution in [0, 0.1) is 18.7 Å². The molecule has 1 aliphatic rings. The number of amides is 1. The number of hydrogen-bond donors (Lipinski definition) is 1. The maximum absolute atomic E-state index is 13.8. The van der Waals surface area contributed by atoms with E-state index in [1.165, 1.54) is 12.3 Å². The lowest BCUT2D eigenvalue weighted by molar-refractivity contribution is 0.0988. The molecular weight excluding hydrogens is 343 g/mol.